The van der Waals surface area contributed by atoms with Crippen LogP contribution in [-0.2, 0) is 19.4 Å². The van der Waals surface area contributed by atoms with Gasteiger partial charge < -0.3 is 14.8 Å². The van der Waals surface area contributed by atoms with Gasteiger partial charge in [0.2, 0.25) is 0 Å². The summed E-state index contributed by atoms with van der Waals surface area (Å²) >= 11 is 1.92. The van der Waals surface area contributed by atoms with Crippen molar-refractivity contribution in [2.24, 2.45) is 0 Å². The van der Waals surface area contributed by atoms with E-state index in [1.54, 1.807) is 0 Å². The standard InChI is InChI=1S/C29H29N3OS/c1-19-14-15-20(2)24(17-19)30-29(33)32-18-23-22-11-6-7-13-26(22)34-28(23)31-16-8-12-25(31)27(32)21-9-4-3-5-10-21/h3-5,8-10,12,14-17,27H,6-7,11,13,18H2,1-2H3,(H,30,33). The molecule has 0 spiro atoms. The number of amides is 2. The monoisotopic (exact) mass is 467 g/mol. The van der Waals surface area contributed by atoms with Crippen LogP contribution in [0.15, 0.2) is 66.9 Å². The number of rotatable bonds is 2. The molecule has 0 radical (unpaired) electrons. The number of aromatic nitrogens is 1. The maximum Gasteiger partial charge on any atom is 0.322 e. The number of hydrogen-bond acceptors (Lipinski definition) is 2. The summed E-state index contributed by atoms with van der Waals surface area (Å²) in [5.74, 6) is 0. The van der Waals surface area contributed by atoms with E-state index in [-0.39, 0.29) is 12.1 Å². The van der Waals surface area contributed by atoms with E-state index in [0.29, 0.717) is 6.54 Å². The zero-order valence-corrected chi connectivity index (χ0v) is 20.5. The lowest BCUT2D eigenvalue weighted by molar-refractivity contribution is 0.194. The first-order valence-corrected chi connectivity index (χ1v) is 12.9. The Hall–Kier alpha value is -3.31. The number of nitrogens with one attached hydrogen (secondary N) is 1. The molecule has 6 rings (SSSR count). The van der Waals surface area contributed by atoms with Crippen molar-refractivity contribution >= 4 is 23.1 Å². The van der Waals surface area contributed by atoms with Gasteiger partial charge in [0.25, 0.3) is 0 Å². The molecule has 2 aromatic carbocycles. The van der Waals surface area contributed by atoms with Crippen LogP contribution in [-0.4, -0.2) is 15.5 Å². The van der Waals surface area contributed by atoms with Crippen LogP contribution in [0, 0.1) is 13.8 Å². The molecular formula is C29H29N3OS. The van der Waals surface area contributed by atoms with E-state index in [0.717, 1.165) is 40.9 Å². The topological polar surface area (TPSA) is 37.3 Å². The summed E-state index contributed by atoms with van der Waals surface area (Å²) in [5.41, 5.74) is 8.16. The number of hydrogen-bond donors (Lipinski definition) is 1. The minimum absolute atomic E-state index is 0.0566. The van der Waals surface area contributed by atoms with E-state index in [1.165, 1.54) is 33.8 Å². The second-order valence-corrected chi connectivity index (χ2v) is 10.6. The molecule has 2 aromatic heterocycles. The van der Waals surface area contributed by atoms with Gasteiger partial charge in [-0.3, -0.25) is 0 Å². The van der Waals surface area contributed by atoms with Gasteiger partial charge in [-0.1, -0.05) is 42.5 Å². The van der Waals surface area contributed by atoms with Gasteiger partial charge in [0.15, 0.2) is 0 Å². The average molecular weight is 468 g/mol. The molecule has 2 amide bonds. The highest BCUT2D eigenvalue weighted by Gasteiger charge is 2.36. The smallest absolute Gasteiger partial charge is 0.310 e. The third-order valence-corrected chi connectivity index (χ3v) is 8.52. The van der Waals surface area contributed by atoms with Crippen LogP contribution >= 0.6 is 11.3 Å². The van der Waals surface area contributed by atoms with Gasteiger partial charge in [-0.2, -0.15) is 0 Å². The van der Waals surface area contributed by atoms with Crippen LogP contribution in [0.2, 0.25) is 0 Å². The van der Waals surface area contributed by atoms with Gasteiger partial charge in [-0.25, -0.2) is 4.79 Å². The SMILES string of the molecule is Cc1ccc(C)c(NC(=O)N2Cc3c(sc4c3CCCC4)-n3cccc3C2c2ccccc2)c1. The zero-order chi connectivity index (χ0) is 23.2. The predicted molar refractivity (Wildman–Crippen MR) is 139 cm³/mol. The molecule has 2 aliphatic rings. The summed E-state index contributed by atoms with van der Waals surface area (Å²) in [6, 6.07) is 20.7. The highest BCUT2D eigenvalue weighted by atomic mass is 32.1. The van der Waals surface area contributed by atoms with Gasteiger partial charge >= 0.3 is 6.03 Å². The van der Waals surface area contributed by atoms with Crippen molar-refractivity contribution in [2.45, 2.75) is 52.1 Å². The van der Waals surface area contributed by atoms with Crippen molar-refractivity contribution in [1.82, 2.24) is 9.47 Å². The molecule has 1 N–H and O–H groups in total. The molecule has 0 bridgehead atoms. The van der Waals surface area contributed by atoms with Gasteiger partial charge in [0.05, 0.1) is 18.3 Å². The first-order chi connectivity index (χ1) is 16.6. The molecule has 5 heteroatoms. The molecule has 0 saturated carbocycles. The van der Waals surface area contributed by atoms with Crippen LogP contribution in [0.1, 0.15) is 57.3 Å². The van der Waals surface area contributed by atoms with Crippen molar-refractivity contribution in [2.75, 3.05) is 5.32 Å². The molecule has 1 aliphatic heterocycles. The highest BCUT2D eigenvalue weighted by Crippen LogP contribution is 2.44. The van der Waals surface area contributed by atoms with Gasteiger partial charge in [0.1, 0.15) is 5.00 Å². The Morgan fingerprint density at radius 2 is 1.79 bits per heavy atom. The van der Waals surface area contributed by atoms with Crippen molar-refractivity contribution in [1.29, 1.82) is 0 Å². The first-order valence-electron chi connectivity index (χ1n) is 12.1. The van der Waals surface area contributed by atoms with E-state index in [9.17, 15) is 4.79 Å². The molecule has 1 aliphatic carbocycles. The summed E-state index contributed by atoms with van der Waals surface area (Å²) < 4.78 is 2.33. The lowest BCUT2D eigenvalue weighted by Gasteiger charge is -2.31. The Labute approximate surface area is 204 Å². The Morgan fingerprint density at radius 1 is 0.971 bits per heavy atom. The molecule has 0 fully saturated rings. The van der Waals surface area contributed by atoms with Crippen molar-refractivity contribution < 1.29 is 4.79 Å². The van der Waals surface area contributed by atoms with Crippen LogP contribution < -0.4 is 5.32 Å². The van der Waals surface area contributed by atoms with Crippen LogP contribution in [0.3, 0.4) is 0 Å². The fourth-order valence-corrected chi connectivity index (χ4v) is 6.83. The zero-order valence-electron chi connectivity index (χ0n) is 19.7. The Balaban J connectivity index is 1.50. The lowest BCUT2D eigenvalue weighted by atomic mass is 9.95. The van der Waals surface area contributed by atoms with Crippen LogP contribution in [0.25, 0.3) is 5.00 Å². The molecule has 1 unspecified atom stereocenters. The molecule has 3 heterocycles. The molecular weight excluding hydrogens is 438 g/mol. The second-order valence-electron chi connectivity index (χ2n) is 9.49. The molecule has 1 atom stereocenters. The molecule has 4 nitrogen and oxygen atoms in total. The number of aryl methyl sites for hydroxylation is 3. The van der Waals surface area contributed by atoms with Gasteiger partial charge in [-0.05, 0) is 80.0 Å². The number of nitrogens with zero attached hydrogens (tertiary/aromatic N) is 2. The molecule has 34 heavy (non-hydrogen) atoms. The Kier molecular flexibility index (Phi) is 5.30. The largest absolute Gasteiger partial charge is 0.322 e. The number of fused-ring (bicyclic) bond motifs is 5. The van der Waals surface area contributed by atoms with E-state index >= 15 is 0 Å². The van der Waals surface area contributed by atoms with E-state index in [2.05, 4.69) is 77.6 Å². The average Bonchev–Trinajstić information content (AvgIpc) is 3.44. The van der Waals surface area contributed by atoms with E-state index < -0.39 is 0 Å². The summed E-state index contributed by atoms with van der Waals surface area (Å²) in [4.78, 5) is 17.5. The van der Waals surface area contributed by atoms with Crippen LogP contribution in [0.5, 0.6) is 0 Å². The lowest BCUT2D eigenvalue weighted by Crippen LogP contribution is -2.38. The Bertz CT molecular complexity index is 1370. The van der Waals surface area contributed by atoms with Crippen molar-refractivity contribution in [3.8, 4) is 5.00 Å². The quantitative estimate of drug-likeness (QED) is 0.333. The summed E-state index contributed by atoms with van der Waals surface area (Å²) in [7, 11) is 0. The number of anilines is 1. The number of carbonyl (C=O) groups excluding carboxylic acids is 1. The van der Waals surface area contributed by atoms with Gasteiger partial charge in [-0.15, -0.1) is 11.3 Å². The van der Waals surface area contributed by atoms with E-state index in [4.69, 9.17) is 0 Å². The highest BCUT2D eigenvalue weighted by molar-refractivity contribution is 7.15. The predicted octanol–water partition coefficient (Wildman–Crippen LogP) is 7.17. The fourth-order valence-electron chi connectivity index (χ4n) is 5.43. The normalized spacial score (nSPS) is 16.9. The summed E-state index contributed by atoms with van der Waals surface area (Å²) in [6.45, 7) is 4.72. The number of thiophene rings is 1. The Morgan fingerprint density at radius 3 is 2.65 bits per heavy atom. The van der Waals surface area contributed by atoms with E-state index in [1.807, 2.05) is 29.2 Å². The number of urea groups is 1. The number of benzene rings is 2. The maximum atomic E-state index is 14.0. The first kappa shape index (κ1) is 21.2. The van der Waals surface area contributed by atoms with Gasteiger partial charge in [0, 0.05) is 22.3 Å². The minimum atomic E-state index is -0.167. The van der Waals surface area contributed by atoms with Crippen molar-refractivity contribution in [3.63, 3.8) is 0 Å². The second kappa shape index (κ2) is 8.48. The maximum absolute atomic E-state index is 14.0. The fraction of sp³-hybridized carbons (Fsp3) is 0.276. The minimum Gasteiger partial charge on any atom is -0.310 e. The van der Waals surface area contributed by atoms with Crippen molar-refractivity contribution in [3.05, 3.63) is 105 Å². The summed E-state index contributed by atoms with van der Waals surface area (Å²) in [5, 5.41) is 4.54. The third kappa shape index (κ3) is 3.55. The molecule has 0 saturated heterocycles. The molecule has 4 aromatic rings. The third-order valence-electron chi connectivity index (χ3n) is 7.19. The molecule has 172 valence electrons. The van der Waals surface area contributed by atoms with Crippen LogP contribution in [0.4, 0.5) is 10.5 Å². The number of carbonyl (C=O) groups is 1. The summed E-state index contributed by atoms with van der Waals surface area (Å²) in [6.07, 6.45) is 6.92.